The number of aromatic nitrogens is 2. The van der Waals surface area contributed by atoms with Gasteiger partial charge in [0.1, 0.15) is 23.5 Å². The maximum Gasteiger partial charge on any atom is 0.261 e. The Morgan fingerprint density at radius 1 is 1.07 bits per heavy atom. The van der Waals surface area contributed by atoms with Crippen molar-refractivity contribution >= 4 is 46.5 Å². The number of rotatable bonds is 7. The molecule has 4 aromatic rings. The van der Waals surface area contributed by atoms with Gasteiger partial charge >= 0.3 is 0 Å². The van der Waals surface area contributed by atoms with Crippen molar-refractivity contribution in [2.75, 3.05) is 30.4 Å². The minimum Gasteiger partial charge on any atom is -0.360 e. The van der Waals surface area contributed by atoms with Gasteiger partial charge in [-0.2, -0.15) is 0 Å². The van der Waals surface area contributed by atoms with Crippen molar-refractivity contribution in [1.82, 2.24) is 20.2 Å². The summed E-state index contributed by atoms with van der Waals surface area (Å²) >= 11 is 1.23. The van der Waals surface area contributed by atoms with E-state index >= 15 is 0 Å². The van der Waals surface area contributed by atoms with Crippen molar-refractivity contribution in [3.63, 3.8) is 0 Å². The molecule has 10 nitrogen and oxygen atoms in total. The summed E-state index contributed by atoms with van der Waals surface area (Å²) in [5.74, 6) is -1.48. The minimum absolute atomic E-state index is 0.0875. The molecule has 2 aromatic carbocycles. The standard InChI is InChI=1S/C30H25FN6O4S/c1-16-10-22(24-25-27(33-15-32-24)35-23(38)14-36(25)2)42-26(16)28(39)34-19(12-17-6-5-7-18(31)11-17)13-37-29(40)20-8-3-4-9-21(20)30(37)41/h3-11,15,19H,12-14H2,1-2H3,(H,34,39)(H,32,33,35,38). The molecule has 0 saturated carbocycles. The Balaban J connectivity index is 1.28. The summed E-state index contributed by atoms with van der Waals surface area (Å²) in [7, 11) is 1.77. The van der Waals surface area contributed by atoms with Gasteiger partial charge in [-0.25, -0.2) is 14.4 Å². The van der Waals surface area contributed by atoms with E-state index in [1.807, 2.05) is 6.07 Å². The summed E-state index contributed by atoms with van der Waals surface area (Å²) in [6.45, 7) is 1.86. The number of anilines is 2. The molecule has 12 heteroatoms. The third-order valence-corrected chi connectivity index (χ3v) is 8.43. The van der Waals surface area contributed by atoms with E-state index in [4.69, 9.17) is 0 Å². The monoisotopic (exact) mass is 584 g/mol. The lowest BCUT2D eigenvalue weighted by Gasteiger charge is -2.27. The quantitative estimate of drug-likeness (QED) is 0.318. The van der Waals surface area contributed by atoms with Gasteiger partial charge in [0.05, 0.1) is 33.5 Å². The van der Waals surface area contributed by atoms with Gasteiger partial charge in [-0.3, -0.25) is 24.1 Å². The molecule has 0 fully saturated rings. The van der Waals surface area contributed by atoms with Crippen LogP contribution in [0, 0.1) is 12.7 Å². The van der Waals surface area contributed by atoms with Crippen LogP contribution < -0.4 is 15.5 Å². The molecular weight excluding hydrogens is 559 g/mol. The van der Waals surface area contributed by atoms with Crippen LogP contribution in [-0.4, -0.2) is 64.7 Å². The molecule has 0 bridgehead atoms. The number of hydrogen-bond acceptors (Lipinski definition) is 8. The highest BCUT2D eigenvalue weighted by Crippen LogP contribution is 2.39. The molecule has 42 heavy (non-hydrogen) atoms. The zero-order valence-corrected chi connectivity index (χ0v) is 23.5. The molecular formula is C30H25FN6O4S. The molecule has 0 aliphatic carbocycles. The Labute approximate surface area is 244 Å². The van der Waals surface area contributed by atoms with E-state index in [2.05, 4.69) is 20.6 Å². The Kier molecular flexibility index (Phi) is 6.99. The summed E-state index contributed by atoms with van der Waals surface area (Å²) in [6.07, 6.45) is 1.55. The van der Waals surface area contributed by atoms with E-state index in [9.17, 15) is 23.6 Å². The number of fused-ring (bicyclic) bond motifs is 2. The largest absolute Gasteiger partial charge is 0.360 e. The molecule has 0 saturated heterocycles. The molecule has 2 aliphatic rings. The highest BCUT2D eigenvalue weighted by atomic mass is 32.1. The first kappa shape index (κ1) is 27.2. The van der Waals surface area contributed by atoms with E-state index < -0.39 is 29.6 Å². The summed E-state index contributed by atoms with van der Waals surface area (Å²) in [6, 6.07) is 13.7. The Hall–Kier alpha value is -4.97. The van der Waals surface area contributed by atoms with Crippen LogP contribution >= 0.6 is 11.3 Å². The smallest absolute Gasteiger partial charge is 0.261 e. The van der Waals surface area contributed by atoms with Crippen molar-refractivity contribution < 1.29 is 23.6 Å². The van der Waals surface area contributed by atoms with Crippen LogP contribution in [-0.2, 0) is 11.2 Å². The summed E-state index contributed by atoms with van der Waals surface area (Å²) < 4.78 is 14.0. The number of carbonyl (C=O) groups is 4. The van der Waals surface area contributed by atoms with Crippen molar-refractivity contribution in [3.05, 3.63) is 93.9 Å². The number of thiophene rings is 1. The van der Waals surface area contributed by atoms with Crippen LogP contribution in [0.1, 0.15) is 41.5 Å². The van der Waals surface area contributed by atoms with Gasteiger partial charge in [0.15, 0.2) is 5.82 Å². The first-order chi connectivity index (χ1) is 20.2. The van der Waals surface area contributed by atoms with Gasteiger partial charge in [-0.05, 0) is 54.8 Å². The average molecular weight is 585 g/mol. The zero-order chi connectivity index (χ0) is 29.5. The Morgan fingerprint density at radius 3 is 2.52 bits per heavy atom. The van der Waals surface area contributed by atoms with E-state index in [1.165, 1.54) is 29.8 Å². The molecule has 1 unspecified atom stereocenters. The van der Waals surface area contributed by atoms with Gasteiger partial charge in [0.2, 0.25) is 5.91 Å². The Morgan fingerprint density at radius 2 is 1.81 bits per heavy atom. The molecule has 0 radical (unpaired) electrons. The molecule has 212 valence electrons. The van der Waals surface area contributed by atoms with Crippen LogP contribution in [0.3, 0.4) is 0 Å². The number of imide groups is 1. The second-order valence-electron chi connectivity index (χ2n) is 10.2. The van der Waals surface area contributed by atoms with Crippen molar-refractivity contribution in [2.24, 2.45) is 0 Å². The highest BCUT2D eigenvalue weighted by molar-refractivity contribution is 7.17. The maximum atomic E-state index is 14.0. The van der Waals surface area contributed by atoms with Crippen LogP contribution in [0.5, 0.6) is 0 Å². The van der Waals surface area contributed by atoms with E-state index in [0.717, 1.165) is 4.90 Å². The van der Waals surface area contributed by atoms with Crippen molar-refractivity contribution in [2.45, 2.75) is 19.4 Å². The number of nitrogens with zero attached hydrogens (tertiary/aromatic N) is 4. The Bertz CT molecular complexity index is 1740. The van der Waals surface area contributed by atoms with E-state index in [1.54, 1.807) is 55.3 Å². The summed E-state index contributed by atoms with van der Waals surface area (Å²) in [5.41, 5.74) is 3.17. The lowest BCUT2D eigenvalue weighted by Crippen LogP contribution is -2.46. The average Bonchev–Trinajstić information content (AvgIpc) is 3.46. The van der Waals surface area contributed by atoms with Crippen LogP contribution in [0.25, 0.3) is 10.6 Å². The molecule has 4 amide bonds. The second-order valence-corrected chi connectivity index (χ2v) is 11.3. The van der Waals surface area contributed by atoms with E-state index in [-0.39, 0.29) is 25.4 Å². The fourth-order valence-corrected chi connectivity index (χ4v) is 6.36. The van der Waals surface area contributed by atoms with Gasteiger partial charge in [-0.1, -0.05) is 24.3 Å². The number of benzene rings is 2. The zero-order valence-electron chi connectivity index (χ0n) is 22.7. The summed E-state index contributed by atoms with van der Waals surface area (Å²) in [5, 5.41) is 5.73. The van der Waals surface area contributed by atoms with Gasteiger partial charge in [0, 0.05) is 13.6 Å². The molecule has 4 heterocycles. The van der Waals surface area contributed by atoms with Crippen molar-refractivity contribution in [3.8, 4) is 10.6 Å². The maximum absolute atomic E-state index is 14.0. The summed E-state index contributed by atoms with van der Waals surface area (Å²) in [4.78, 5) is 64.4. The third-order valence-electron chi connectivity index (χ3n) is 7.19. The fraction of sp³-hybridized carbons (Fsp3) is 0.200. The minimum atomic E-state index is -0.695. The topological polar surface area (TPSA) is 125 Å². The number of halogens is 1. The number of amides is 4. The molecule has 6 rings (SSSR count). The number of likely N-dealkylation sites (N-methyl/N-ethyl adjacent to an activating group) is 1. The lowest BCUT2D eigenvalue weighted by molar-refractivity contribution is -0.115. The normalized spacial score (nSPS) is 14.9. The predicted octanol–water partition coefficient (Wildman–Crippen LogP) is 3.68. The second kappa shape index (κ2) is 10.8. The number of carbonyl (C=O) groups excluding carboxylic acids is 4. The van der Waals surface area contributed by atoms with Gasteiger partial charge < -0.3 is 15.5 Å². The van der Waals surface area contributed by atoms with Gasteiger partial charge in [0.25, 0.3) is 17.7 Å². The highest BCUT2D eigenvalue weighted by Gasteiger charge is 2.37. The molecule has 2 aromatic heterocycles. The van der Waals surface area contributed by atoms with Crippen molar-refractivity contribution in [1.29, 1.82) is 0 Å². The molecule has 0 spiro atoms. The first-order valence-electron chi connectivity index (χ1n) is 13.2. The third kappa shape index (κ3) is 5.00. The van der Waals surface area contributed by atoms with Crippen LogP contribution in [0.2, 0.25) is 0 Å². The lowest BCUT2D eigenvalue weighted by atomic mass is 10.0. The fourth-order valence-electron chi connectivity index (χ4n) is 5.29. The number of hydrogen-bond donors (Lipinski definition) is 2. The first-order valence-corrected chi connectivity index (χ1v) is 14.0. The number of nitrogens with one attached hydrogen (secondary N) is 2. The molecule has 2 N–H and O–H groups in total. The van der Waals surface area contributed by atoms with Crippen LogP contribution in [0.15, 0.2) is 60.9 Å². The predicted molar refractivity (Wildman–Crippen MR) is 155 cm³/mol. The van der Waals surface area contributed by atoms with Crippen LogP contribution in [0.4, 0.5) is 15.9 Å². The molecule has 1 atom stereocenters. The van der Waals surface area contributed by atoms with E-state index in [0.29, 0.717) is 49.2 Å². The molecule has 2 aliphatic heterocycles. The SMILES string of the molecule is Cc1cc(-c2ncnc3c2N(C)CC(=O)N3)sc1C(=O)NC(Cc1cccc(F)c1)CN1C(=O)c2ccccc2C1=O. The number of aryl methyl sites for hydroxylation is 1. The van der Waals surface area contributed by atoms with Gasteiger partial charge in [-0.15, -0.1) is 11.3 Å².